The van der Waals surface area contributed by atoms with Crippen molar-refractivity contribution in [3.8, 4) is 0 Å². The first kappa shape index (κ1) is 16.2. The molecule has 0 aliphatic carbocycles. The standard InChI is InChI=1S/C17H29N3O/c1-13-9-15(11-19-17(3,4)5)10-18-16(13)20-7-6-8-21-14(2)12-20/h9-10,14,19H,6-8,11-12H2,1-5H3. The van der Waals surface area contributed by atoms with E-state index in [2.05, 4.69) is 50.9 Å². The quantitative estimate of drug-likeness (QED) is 0.929. The molecule has 2 heterocycles. The van der Waals surface area contributed by atoms with E-state index in [1.165, 1.54) is 11.1 Å². The van der Waals surface area contributed by atoms with E-state index in [9.17, 15) is 0 Å². The Morgan fingerprint density at radius 3 is 2.86 bits per heavy atom. The molecule has 0 radical (unpaired) electrons. The molecule has 1 aromatic heterocycles. The highest BCUT2D eigenvalue weighted by atomic mass is 16.5. The average molecular weight is 291 g/mol. The molecular weight excluding hydrogens is 262 g/mol. The highest BCUT2D eigenvalue weighted by Gasteiger charge is 2.18. The topological polar surface area (TPSA) is 37.4 Å². The van der Waals surface area contributed by atoms with Gasteiger partial charge in [-0.05, 0) is 58.2 Å². The van der Waals surface area contributed by atoms with Crippen molar-refractivity contribution in [2.45, 2.75) is 59.2 Å². The van der Waals surface area contributed by atoms with E-state index in [4.69, 9.17) is 9.72 Å². The summed E-state index contributed by atoms with van der Waals surface area (Å²) < 4.78 is 5.71. The van der Waals surface area contributed by atoms with Crippen molar-refractivity contribution in [1.82, 2.24) is 10.3 Å². The second-order valence-corrected chi connectivity index (χ2v) is 7.07. The molecule has 1 aliphatic heterocycles. The van der Waals surface area contributed by atoms with Crippen LogP contribution in [0.25, 0.3) is 0 Å². The van der Waals surface area contributed by atoms with Crippen molar-refractivity contribution in [3.63, 3.8) is 0 Å². The fourth-order valence-electron chi connectivity index (χ4n) is 2.61. The van der Waals surface area contributed by atoms with E-state index in [0.29, 0.717) is 0 Å². The summed E-state index contributed by atoms with van der Waals surface area (Å²) in [6, 6.07) is 2.25. The van der Waals surface area contributed by atoms with Gasteiger partial charge in [-0.1, -0.05) is 0 Å². The van der Waals surface area contributed by atoms with E-state index in [1.807, 2.05) is 6.20 Å². The highest BCUT2D eigenvalue weighted by molar-refractivity contribution is 5.47. The van der Waals surface area contributed by atoms with E-state index < -0.39 is 0 Å². The molecule has 0 bridgehead atoms. The van der Waals surface area contributed by atoms with Crippen LogP contribution in [0.5, 0.6) is 0 Å². The number of hydrogen-bond acceptors (Lipinski definition) is 4. The van der Waals surface area contributed by atoms with Crippen LogP contribution in [0, 0.1) is 6.92 Å². The lowest BCUT2D eigenvalue weighted by Gasteiger charge is -2.25. The summed E-state index contributed by atoms with van der Waals surface area (Å²) in [5.41, 5.74) is 2.62. The Morgan fingerprint density at radius 2 is 2.19 bits per heavy atom. The Morgan fingerprint density at radius 1 is 1.43 bits per heavy atom. The normalized spacial score (nSPS) is 20.4. The van der Waals surface area contributed by atoms with Crippen molar-refractivity contribution < 1.29 is 4.74 Å². The van der Waals surface area contributed by atoms with Gasteiger partial charge in [0.1, 0.15) is 5.82 Å². The van der Waals surface area contributed by atoms with Crippen LogP contribution in [-0.4, -0.2) is 36.3 Å². The lowest BCUT2D eigenvalue weighted by atomic mass is 10.1. The van der Waals surface area contributed by atoms with Gasteiger partial charge in [0, 0.05) is 38.0 Å². The van der Waals surface area contributed by atoms with Crippen LogP contribution < -0.4 is 10.2 Å². The second kappa shape index (κ2) is 6.75. The fraction of sp³-hybridized carbons (Fsp3) is 0.706. The lowest BCUT2D eigenvalue weighted by Crippen LogP contribution is -2.35. The smallest absolute Gasteiger partial charge is 0.131 e. The van der Waals surface area contributed by atoms with Crippen LogP contribution in [-0.2, 0) is 11.3 Å². The maximum Gasteiger partial charge on any atom is 0.131 e. The van der Waals surface area contributed by atoms with Gasteiger partial charge in [0.15, 0.2) is 0 Å². The van der Waals surface area contributed by atoms with Gasteiger partial charge in [0.05, 0.1) is 6.10 Å². The summed E-state index contributed by atoms with van der Waals surface area (Å²) in [7, 11) is 0. The molecule has 0 spiro atoms. The molecule has 0 saturated carbocycles. The molecule has 118 valence electrons. The zero-order valence-corrected chi connectivity index (χ0v) is 14.1. The number of nitrogens with zero attached hydrogens (tertiary/aromatic N) is 2. The Hall–Kier alpha value is -1.13. The maximum atomic E-state index is 5.71. The minimum Gasteiger partial charge on any atom is -0.377 e. The largest absolute Gasteiger partial charge is 0.377 e. The van der Waals surface area contributed by atoms with Gasteiger partial charge in [0.25, 0.3) is 0 Å². The molecule has 2 rings (SSSR count). The van der Waals surface area contributed by atoms with E-state index >= 15 is 0 Å². The van der Waals surface area contributed by atoms with Crippen LogP contribution in [0.15, 0.2) is 12.3 Å². The van der Waals surface area contributed by atoms with Crippen molar-refractivity contribution in [3.05, 3.63) is 23.4 Å². The summed E-state index contributed by atoms with van der Waals surface area (Å²) in [4.78, 5) is 7.06. The van der Waals surface area contributed by atoms with Crippen LogP contribution in [0.2, 0.25) is 0 Å². The molecule has 4 nitrogen and oxygen atoms in total. The third kappa shape index (κ3) is 4.97. The summed E-state index contributed by atoms with van der Waals surface area (Å²) in [6.45, 7) is 14.5. The Bertz CT molecular complexity index is 468. The number of aryl methyl sites for hydroxylation is 1. The molecular formula is C17H29N3O. The SMILES string of the molecule is Cc1cc(CNC(C)(C)C)cnc1N1CCCOC(C)C1. The average Bonchev–Trinajstić information content (AvgIpc) is 2.60. The summed E-state index contributed by atoms with van der Waals surface area (Å²) in [5.74, 6) is 1.10. The highest BCUT2D eigenvalue weighted by Crippen LogP contribution is 2.21. The molecule has 4 heteroatoms. The van der Waals surface area contributed by atoms with Gasteiger partial charge < -0.3 is 15.0 Å². The van der Waals surface area contributed by atoms with Crippen LogP contribution >= 0.6 is 0 Å². The third-order valence-electron chi connectivity index (χ3n) is 3.68. The Labute approximate surface area is 128 Å². The number of hydrogen-bond donors (Lipinski definition) is 1. The van der Waals surface area contributed by atoms with Crippen molar-refractivity contribution in [2.24, 2.45) is 0 Å². The molecule has 0 amide bonds. The van der Waals surface area contributed by atoms with E-state index in [0.717, 1.165) is 38.5 Å². The number of rotatable bonds is 3. The zero-order chi connectivity index (χ0) is 15.5. The van der Waals surface area contributed by atoms with Crippen LogP contribution in [0.1, 0.15) is 45.2 Å². The first-order valence-electron chi connectivity index (χ1n) is 7.92. The molecule has 1 atom stereocenters. The fourth-order valence-corrected chi connectivity index (χ4v) is 2.61. The Kier molecular flexibility index (Phi) is 5.22. The molecule has 1 aliphatic rings. The van der Waals surface area contributed by atoms with Crippen LogP contribution in [0.3, 0.4) is 0 Å². The van der Waals surface area contributed by atoms with Crippen molar-refractivity contribution in [2.75, 3.05) is 24.6 Å². The molecule has 21 heavy (non-hydrogen) atoms. The number of ether oxygens (including phenoxy) is 1. The maximum absolute atomic E-state index is 5.71. The second-order valence-electron chi connectivity index (χ2n) is 7.07. The molecule has 1 aromatic rings. The number of nitrogens with one attached hydrogen (secondary N) is 1. The van der Waals surface area contributed by atoms with Crippen molar-refractivity contribution >= 4 is 5.82 Å². The summed E-state index contributed by atoms with van der Waals surface area (Å²) >= 11 is 0. The van der Waals surface area contributed by atoms with E-state index in [1.54, 1.807) is 0 Å². The van der Waals surface area contributed by atoms with Crippen molar-refractivity contribution in [1.29, 1.82) is 0 Å². The van der Waals surface area contributed by atoms with Gasteiger partial charge in [-0.2, -0.15) is 0 Å². The van der Waals surface area contributed by atoms with Gasteiger partial charge in [-0.3, -0.25) is 0 Å². The zero-order valence-electron chi connectivity index (χ0n) is 14.1. The Balaban J connectivity index is 2.07. The predicted octanol–water partition coefficient (Wildman–Crippen LogP) is 2.89. The monoisotopic (exact) mass is 291 g/mol. The number of anilines is 1. The third-order valence-corrected chi connectivity index (χ3v) is 3.68. The molecule has 1 fully saturated rings. The summed E-state index contributed by atoms with van der Waals surface area (Å²) in [5, 5.41) is 3.51. The minimum atomic E-state index is 0.129. The molecule has 1 unspecified atom stereocenters. The minimum absolute atomic E-state index is 0.129. The number of aromatic nitrogens is 1. The van der Waals surface area contributed by atoms with Gasteiger partial charge in [0.2, 0.25) is 0 Å². The molecule has 1 saturated heterocycles. The van der Waals surface area contributed by atoms with Crippen LogP contribution in [0.4, 0.5) is 5.82 Å². The lowest BCUT2D eigenvalue weighted by molar-refractivity contribution is 0.0820. The predicted molar refractivity (Wildman–Crippen MR) is 87.8 cm³/mol. The van der Waals surface area contributed by atoms with Gasteiger partial charge >= 0.3 is 0 Å². The number of pyridine rings is 1. The first-order chi connectivity index (χ1) is 9.85. The molecule has 1 N–H and O–H groups in total. The first-order valence-corrected chi connectivity index (χ1v) is 7.92. The summed E-state index contributed by atoms with van der Waals surface area (Å²) in [6.07, 6.45) is 3.34. The molecule has 0 aromatic carbocycles. The van der Waals surface area contributed by atoms with E-state index in [-0.39, 0.29) is 11.6 Å². The van der Waals surface area contributed by atoms with Gasteiger partial charge in [-0.25, -0.2) is 4.98 Å². The van der Waals surface area contributed by atoms with Gasteiger partial charge in [-0.15, -0.1) is 0 Å².